The van der Waals surface area contributed by atoms with E-state index in [1.165, 1.54) is 6.07 Å². The van der Waals surface area contributed by atoms with Crippen molar-refractivity contribution in [2.45, 2.75) is 13.0 Å². The molecule has 3 heteroatoms. The second kappa shape index (κ2) is 5.08. The standard InChI is InChI=1S/C11H15FO2/c1-8(7-14-2)11(13)9-5-3-4-6-10(9)12/h3-6,8,11,13H,7H2,1-2H3. The summed E-state index contributed by atoms with van der Waals surface area (Å²) >= 11 is 0. The zero-order valence-corrected chi connectivity index (χ0v) is 8.40. The number of aliphatic hydroxyl groups is 1. The van der Waals surface area contributed by atoms with Crippen molar-refractivity contribution in [3.05, 3.63) is 35.6 Å². The predicted molar refractivity (Wildman–Crippen MR) is 52.4 cm³/mol. The lowest BCUT2D eigenvalue weighted by Crippen LogP contribution is -2.15. The van der Waals surface area contributed by atoms with Crippen LogP contribution in [0.4, 0.5) is 4.39 Å². The van der Waals surface area contributed by atoms with Gasteiger partial charge >= 0.3 is 0 Å². The Morgan fingerprint density at radius 3 is 2.64 bits per heavy atom. The van der Waals surface area contributed by atoms with Crippen molar-refractivity contribution in [2.24, 2.45) is 5.92 Å². The van der Waals surface area contributed by atoms with Crippen LogP contribution < -0.4 is 0 Å². The van der Waals surface area contributed by atoms with Crippen LogP contribution in [0.3, 0.4) is 0 Å². The number of benzene rings is 1. The van der Waals surface area contributed by atoms with Gasteiger partial charge in [0, 0.05) is 18.6 Å². The maximum absolute atomic E-state index is 13.2. The second-order valence-electron chi connectivity index (χ2n) is 3.40. The Bertz CT molecular complexity index is 288. The van der Waals surface area contributed by atoms with E-state index in [1.54, 1.807) is 25.3 Å². The molecule has 1 rings (SSSR count). The second-order valence-corrected chi connectivity index (χ2v) is 3.40. The Labute approximate surface area is 83.3 Å². The number of methoxy groups -OCH3 is 1. The molecular formula is C11H15FO2. The van der Waals surface area contributed by atoms with Crippen LogP contribution in [0, 0.1) is 11.7 Å². The van der Waals surface area contributed by atoms with Gasteiger partial charge in [-0.1, -0.05) is 25.1 Å². The van der Waals surface area contributed by atoms with Crippen molar-refractivity contribution >= 4 is 0 Å². The van der Waals surface area contributed by atoms with E-state index in [0.29, 0.717) is 12.2 Å². The Kier molecular flexibility index (Phi) is 4.04. The third-order valence-corrected chi connectivity index (χ3v) is 2.19. The Morgan fingerprint density at radius 2 is 2.07 bits per heavy atom. The van der Waals surface area contributed by atoms with Gasteiger partial charge in [0.15, 0.2) is 0 Å². The fourth-order valence-electron chi connectivity index (χ4n) is 1.38. The highest BCUT2D eigenvalue weighted by molar-refractivity contribution is 5.20. The summed E-state index contributed by atoms with van der Waals surface area (Å²) in [5, 5.41) is 9.78. The van der Waals surface area contributed by atoms with Gasteiger partial charge < -0.3 is 9.84 Å². The van der Waals surface area contributed by atoms with Crippen LogP contribution >= 0.6 is 0 Å². The number of hydrogen-bond acceptors (Lipinski definition) is 2. The lowest BCUT2D eigenvalue weighted by atomic mass is 9.98. The SMILES string of the molecule is COCC(C)C(O)c1ccccc1F. The third kappa shape index (κ3) is 2.53. The first-order valence-electron chi connectivity index (χ1n) is 4.58. The number of rotatable bonds is 4. The number of hydrogen-bond donors (Lipinski definition) is 1. The molecule has 1 aromatic rings. The summed E-state index contributed by atoms with van der Waals surface area (Å²) < 4.78 is 18.1. The van der Waals surface area contributed by atoms with Crippen molar-refractivity contribution in [3.8, 4) is 0 Å². The molecule has 14 heavy (non-hydrogen) atoms. The zero-order valence-electron chi connectivity index (χ0n) is 8.40. The average Bonchev–Trinajstić information content (AvgIpc) is 2.18. The van der Waals surface area contributed by atoms with Crippen LogP contribution in [0.1, 0.15) is 18.6 Å². The molecule has 1 N–H and O–H groups in total. The largest absolute Gasteiger partial charge is 0.388 e. The van der Waals surface area contributed by atoms with E-state index in [2.05, 4.69) is 0 Å². The van der Waals surface area contributed by atoms with Gasteiger partial charge in [0.25, 0.3) is 0 Å². The molecule has 0 aliphatic heterocycles. The van der Waals surface area contributed by atoms with Crippen LogP contribution in [0.25, 0.3) is 0 Å². The molecule has 0 bridgehead atoms. The molecule has 0 fully saturated rings. The summed E-state index contributed by atoms with van der Waals surface area (Å²) in [7, 11) is 1.56. The van der Waals surface area contributed by atoms with Gasteiger partial charge in [-0.25, -0.2) is 4.39 Å². The first-order valence-corrected chi connectivity index (χ1v) is 4.58. The molecule has 0 aliphatic carbocycles. The molecular weight excluding hydrogens is 183 g/mol. The minimum absolute atomic E-state index is 0.114. The number of aliphatic hydroxyl groups excluding tert-OH is 1. The molecule has 0 saturated carbocycles. The molecule has 0 aliphatic rings. The summed E-state index contributed by atoms with van der Waals surface area (Å²) in [5.74, 6) is -0.486. The van der Waals surface area contributed by atoms with E-state index in [4.69, 9.17) is 4.74 Å². The lowest BCUT2D eigenvalue weighted by molar-refractivity contribution is 0.0545. The van der Waals surface area contributed by atoms with Crippen LogP contribution in [-0.2, 0) is 4.74 Å². The van der Waals surface area contributed by atoms with Crippen molar-refractivity contribution in [3.63, 3.8) is 0 Å². The Hall–Kier alpha value is -0.930. The van der Waals surface area contributed by atoms with Gasteiger partial charge in [-0.2, -0.15) is 0 Å². The van der Waals surface area contributed by atoms with E-state index >= 15 is 0 Å². The van der Waals surface area contributed by atoms with Gasteiger partial charge in [0.1, 0.15) is 5.82 Å². The first-order chi connectivity index (χ1) is 6.66. The molecule has 0 aromatic heterocycles. The van der Waals surface area contributed by atoms with E-state index in [1.807, 2.05) is 6.92 Å². The smallest absolute Gasteiger partial charge is 0.129 e. The molecule has 78 valence electrons. The van der Waals surface area contributed by atoms with Crippen molar-refractivity contribution < 1.29 is 14.2 Å². The van der Waals surface area contributed by atoms with Crippen LogP contribution in [0.15, 0.2) is 24.3 Å². The summed E-state index contributed by atoms with van der Waals surface area (Å²) in [6.07, 6.45) is -0.809. The number of ether oxygens (including phenoxy) is 1. The quantitative estimate of drug-likeness (QED) is 0.803. The predicted octanol–water partition coefficient (Wildman–Crippen LogP) is 2.14. The lowest BCUT2D eigenvalue weighted by Gasteiger charge is -2.18. The van der Waals surface area contributed by atoms with Gasteiger partial charge in [0.2, 0.25) is 0 Å². The molecule has 0 saturated heterocycles. The van der Waals surface area contributed by atoms with Crippen LogP contribution in [0.5, 0.6) is 0 Å². The van der Waals surface area contributed by atoms with Crippen molar-refractivity contribution in [2.75, 3.05) is 13.7 Å². The van der Waals surface area contributed by atoms with Crippen molar-refractivity contribution in [1.82, 2.24) is 0 Å². The third-order valence-electron chi connectivity index (χ3n) is 2.19. The fourth-order valence-corrected chi connectivity index (χ4v) is 1.38. The molecule has 0 heterocycles. The Morgan fingerprint density at radius 1 is 1.43 bits per heavy atom. The van der Waals surface area contributed by atoms with Gasteiger partial charge in [0.05, 0.1) is 12.7 Å². The zero-order chi connectivity index (χ0) is 10.6. The van der Waals surface area contributed by atoms with Crippen LogP contribution in [-0.4, -0.2) is 18.8 Å². The average molecular weight is 198 g/mol. The summed E-state index contributed by atoms with van der Waals surface area (Å²) in [4.78, 5) is 0. The molecule has 0 amide bonds. The fraction of sp³-hybridized carbons (Fsp3) is 0.455. The van der Waals surface area contributed by atoms with Crippen molar-refractivity contribution in [1.29, 1.82) is 0 Å². The maximum atomic E-state index is 13.2. The number of halogens is 1. The molecule has 0 spiro atoms. The Balaban J connectivity index is 2.78. The van der Waals surface area contributed by atoms with E-state index in [0.717, 1.165) is 0 Å². The molecule has 2 nitrogen and oxygen atoms in total. The highest BCUT2D eigenvalue weighted by atomic mass is 19.1. The molecule has 2 atom stereocenters. The molecule has 0 radical (unpaired) electrons. The summed E-state index contributed by atoms with van der Waals surface area (Å²) in [6.45, 7) is 2.23. The maximum Gasteiger partial charge on any atom is 0.129 e. The monoisotopic (exact) mass is 198 g/mol. The molecule has 1 aromatic carbocycles. The van der Waals surface area contributed by atoms with E-state index in [9.17, 15) is 9.50 Å². The topological polar surface area (TPSA) is 29.5 Å². The van der Waals surface area contributed by atoms with E-state index in [-0.39, 0.29) is 11.7 Å². The molecule has 2 unspecified atom stereocenters. The highest BCUT2D eigenvalue weighted by Crippen LogP contribution is 2.23. The van der Waals surface area contributed by atoms with Gasteiger partial charge in [-0.05, 0) is 6.07 Å². The normalized spacial score (nSPS) is 15.1. The van der Waals surface area contributed by atoms with Gasteiger partial charge in [-0.15, -0.1) is 0 Å². The van der Waals surface area contributed by atoms with Gasteiger partial charge in [-0.3, -0.25) is 0 Å². The first kappa shape index (κ1) is 11.1. The summed E-state index contributed by atoms with van der Waals surface area (Å²) in [5.41, 5.74) is 0.331. The van der Waals surface area contributed by atoms with E-state index < -0.39 is 6.10 Å². The highest BCUT2D eigenvalue weighted by Gasteiger charge is 2.18. The summed E-state index contributed by atoms with van der Waals surface area (Å²) in [6, 6.07) is 6.25. The minimum Gasteiger partial charge on any atom is -0.388 e. The minimum atomic E-state index is -0.809. The van der Waals surface area contributed by atoms with Crippen LogP contribution in [0.2, 0.25) is 0 Å².